The van der Waals surface area contributed by atoms with Crippen molar-refractivity contribution in [2.24, 2.45) is 10.8 Å². The monoisotopic (exact) mass is 413 g/mol. The fraction of sp³-hybridized carbons (Fsp3) is 0.600. The predicted molar refractivity (Wildman–Crippen MR) is 90.3 cm³/mol. The van der Waals surface area contributed by atoms with Crippen LogP contribution in [0.1, 0.15) is 70.7 Å². The van der Waals surface area contributed by atoms with Crippen molar-refractivity contribution in [1.82, 2.24) is 0 Å². The Hall–Kier alpha value is 0.311. The summed E-state index contributed by atoms with van der Waals surface area (Å²) in [4.78, 5) is 0. The van der Waals surface area contributed by atoms with Crippen LogP contribution in [0, 0.1) is 63.8 Å². The van der Waals surface area contributed by atoms with Gasteiger partial charge in [-0.1, -0.05) is 66.2 Å². The maximum atomic E-state index is 3.44. The Morgan fingerprint density at radius 2 is 0.857 bits per heavy atom. The van der Waals surface area contributed by atoms with Gasteiger partial charge in [0, 0.05) is 0 Å². The molecule has 0 unspecified atom stereocenters. The molecule has 0 amide bonds. The molecule has 1 radical (unpaired) electrons. The summed E-state index contributed by atoms with van der Waals surface area (Å²) < 4.78 is 0. The zero-order valence-electron chi connectivity index (χ0n) is 16.5. The van der Waals surface area contributed by atoms with Crippen LogP contribution >= 0.6 is 0 Å². The first kappa shape index (κ1) is 21.3. The van der Waals surface area contributed by atoms with Crippen LogP contribution in [0.4, 0.5) is 0 Å². The summed E-state index contributed by atoms with van der Waals surface area (Å²) in [6.45, 7) is 21.8. The molecule has 2 rings (SSSR count). The van der Waals surface area contributed by atoms with Crippen LogP contribution in [0.3, 0.4) is 0 Å². The van der Waals surface area contributed by atoms with E-state index in [1.165, 1.54) is 33.4 Å². The van der Waals surface area contributed by atoms with Gasteiger partial charge in [-0.25, -0.2) is 11.1 Å². The molecule has 2 aliphatic carbocycles. The molecule has 0 saturated heterocycles. The molecule has 0 fully saturated rings. The van der Waals surface area contributed by atoms with E-state index in [0.717, 1.165) is 0 Å². The fourth-order valence-corrected chi connectivity index (χ4v) is 2.81. The second-order valence-corrected chi connectivity index (χ2v) is 7.25. The van der Waals surface area contributed by atoms with Crippen LogP contribution < -0.4 is 0 Å². The van der Waals surface area contributed by atoms with E-state index < -0.39 is 0 Å². The Morgan fingerprint density at radius 1 is 0.619 bits per heavy atom. The van der Waals surface area contributed by atoms with Crippen molar-refractivity contribution in [3.05, 3.63) is 45.6 Å². The molecule has 2 aliphatic rings. The quantitative estimate of drug-likeness (QED) is 0.405. The van der Waals surface area contributed by atoms with Gasteiger partial charge >= 0.3 is 40.8 Å². The molecule has 0 bridgehead atoms. The van der Waals surface area contributed by atoms with Gasteiger partial charge in [-0.3, -0.25) is 12.2 Å². The summed E-state index contributed by atoms with van der Waals surface area (Å²) in [6.07, 6.45) is 6.87. The van der Waals surface area contributed by atoms with Crippen molar-refractivity contribution < 1.29 is 42.3 Å². The van der Waals surface area contributed by atoms with Gasteiger partial charge in [-0.2, -0.15) is 22.3 Å². The van der Waals surface area contributed by atoms with Crippen LogP contribution in [0.15, 0.2) is 33.4 Å². The fourth-order valence-electron chi connectivity index (χ4n) is 2.81. The standard InChI is InChI=1S/2C10H15.Nd.H/c2*1-7-6-10(4,5)9(3)8(7)2;;/h2*1-5H3;;/q2*-1;+3;-1. The van der Waals surface area contributed by atoms with Gasteiger partial charge in [0.2, 0.25) is 0 Å². The Kier molecular flexibility index (Phi) is 7.36. The first-order chi connectivity index (χ1) is 8.90. The van der Waals surface area contributed by atoms with Crippen LogP contribution in [0.25, 0.3) is 0 Å². The first-order valence-electron chi connectivity index (χ1n) is 7.50. The van der Waals surface area contributed by atoms with Gasteiger partial charge in [0.15, 0.2) is 0 Å². The first-order valence-corrected chi connectivity index (χ1v) is 7.50. The Morgan fingerprint density at radius 3 is 0.905 bits per heavy atom. The molecule has 0 aliphatic heterocycles. The number of allylic oxidation sites excluding steroid dienone is 8. The van der Waals surface area contributed by atoms with Crippen molar-refractivity contribution in [1.29, 1.82) is 0 Å². The number of hydrogen-bond donors (Lipinski definition) is 0. The molecule has 0 nitrogen and oxygen atoms in total. The summed E-state index contributed by atoms with van der Waals surface area (Å²) in [7, 11) is 0. The van der Waals surface area contributed by atoms with Crippen LogP contribution in [0.5, 0.6) is 0 Å². The number of hydrogen-bond acceptors (Lipinski definition) is 0. The normalized spacial score (nSPS) is 22.4. The largest absolute Gasteiger partial charge is 3.00 e. The maximum Gasteiger partial charge on any atom is 3.00 e. The van der Waals surface area contributed by atoms with Crippen molar-refractivity contribution >= 4 is 0 Å². The maximum absolute atomic E-state index is 3.44. The molecule has 0 aromatic carbocycles. The van der Waals surface area contributed by atoms with Crippen molar-refractivity contribution in [2.45, 2.75) is 69.2 Å². The van der Waals surface area contributed by atoms with Crippen LogP contribution in [0.2, 0.25) is 0 Å². The minimum Gasteiger partial charge on any atom is -1.00 e. The summed E-state index contributed by atoms with van der Waals surface area (Å²) in [5, 5.41) is 0. The average molecular weight is 416 g/mol. The molecule has 0 N–H and O–H groups in total. The van der Waals surface area contributed by atoms with Gasteiger partial charge in [0.05, 0.1) is 0 Å². The van der Waals surface area contributed by atoms with Gasteiger partial charge < -0.3 is 1.43 Å². The Balaban J connectivity index is 0. The third-order valence-electron chi connectivity index (χ3n) is 5.12. The van der Waals surface area contributed by atoms with E-state index in [2.05, 4.69) is 81.4 Å². The number of rotatable bonds is 0. The second-order valence-electron chi connectivity index (χ2n) is 7.25. The SMILES string of the molecule is CC1=[C-]C(C)(C)C(C)=C1C.CC1=[C-]C(C)(C)C(C)=C1C.[H-].[Nd+3]. The summed E-state index contributed by atoms with van der Waals surface area (Å²) >= 11 is 0. The molecule has 0 saturated carbocycles. The van der Waals surface area contributed by atoms with E-state index in [1.54, 1.807) is 0 Å². The predicted octanol–water partition coefficient (Wildman–Crippen LogP) is 6.34. The molecular weight excluding hydrogens is 384 g/mol. The zero-order valence-corrected chi connectivity index (χ0v) is 18.7. The van der Waals surface area contributed by atoms with E-state index in [-0.39, 0.29) is 53.1 Å². The Bertz CT molecular complexity index is 490. The summed E-state index contributed by atoms with van der Waals surface area (Å²) in [5.74, 6) is 0. The molecule has 0 aromatic rings. The minimum absolute atomic E-state index is 0. The smallest absolute Gasteiger partial charge is 1.00 e. The van der Waals surface area contributed by atoms with E-state index >= 15 is 0 Å². The third-order valence-corrected chi connectivity index (χ3v) is 5.12. The van der Waals surface area contributed by atoms with Crippen LogP contribution in [-0.4, -0.2) is 0 Å². The summed E-state index contributed by atoms with van der Waals surface area (Å²) in [5.41, 5.74) is 8.79. The van der Waals surface area contributed by atoms with Crippen LogP contribution in [-0.2, 0) is 0 Å². The average Bonchev–Trinajstić information content (AvgIpc) is 2.60. The topological polar surface area (TPSA) is 0 Å². The second kappa shape index (κ2) is 7.25. The third kappa shape index (κ3) is 4.64. The molecule has 0 spiro atoms. The summed E-state index contributed by atoms with van der Waals surface area (Å²) in [6, 6.07) is 0. The minimum atomic E-state index is 0. The van der Waals surface area contributed by atoms with Crippen molar-refractivity contribution in [3.63, 3.8) is 0 Å². The molecule has 0 atom stereocenters. The Labute approximate surface area is 166 Å². The molecular formula is C20H31Nd. The van der Waals surface area contributed by atoms with E-state index in [0.29, 0.717) is 0 Å². The van der Waals surface area contributed by atoms with E-state index in [9.17, 15) is 0 Å². The molecule has 21 heavy (non-hydrogen) atoms. The molecule has 1 heteroatoms. The zero-order chi connectivity index (χ0) is 15.9. The molecule has 0 heterocycles. The van der Waals surface area contributed by atoms with Gasteiger partial charge in [-0.15, -0.1) is 13.8 Å². The van der Waals surface area contributed by atoms with Crippen molar-refractivity contribution in [3.8, 4) is 0 Å². The van der Waals surface area contributed by atoms with Gasteiger partial charge in [-0.05, 0) is 0 Å². The van der Waals surface area contributed by atoms with E-state index in [1.807, 2.05) is 0 Å². The van der Waals surface area contributed by atoms with Gasteiger partial charge in [0.25, 0.3) is 0 Å². The molecule has 115 valence electrons. The van der Waals surface area contributed by atoms with Crippen molar-refractivity contribution in [2.75, 3.05) is 0 Å². The van der Waals surface area contributed by atoms with Gasteiger partial charge in [0.1, 0.15) is 0 Å². The molecule has 0 aromatic heterocycles. The van der Waals surface area contributed by atoms with E-state index in [4.69, 9.17) is 0 Å².